The molecule has 0 heterocycles. The molecule has 2 aliphatic rings. The largest absolute Gasteiger partial charge is 0.459 e. The Bertz CT molecular complexity index is 635. The molecule has 2 aliphatic carbocycles. The predicted molar refractivity (Wildman–Crippen MR) is 111 cm³/mol. The van der Waals surface area contributed by atoms with Crippen LogP contribution in [0.25, 0.3) is 0 Å². The first-order valence-corrected chi connectivity index (χ1v) is 10.8. The summed E-state index contributed by atoms with van der Waals surface area (Å²) in [5.41, 5.74) is 1.54. The van der Waals surface area contributed by atoms with E-state index in [0.717, 1.165) is 32.1 Å². The number of esters is 2. The van der Waals surface area contributed by atoms with Gasteiger partial charge in [0.2, 0.25) is 0 Å². The molecule has 4 heteroatoms. The molecule has 0 radical (unpaired) electrons. The number of ether oxygens (including phenoxy) is 2. The molecule has 1 aromatic rings. The minimum atomic E-state index is -0.236. The zero-order valence-corrected chi connectivity index (χ0v) is 18.0. The van der Waals surface area contributed by atoms with Gasteiger partial charge in [0.05, 0.1) is 5.56 Å². The third-order valence-electron chi connectivity index (χ3n) is 5.91. The SMILES string of the molecule is CCC(=O)OC1(C)CCCC1.CCc1ccc(C(=O)OC2(C)CCCC2)cc1. The lowest BCUT2D eigenvalue weighted by atomic mass is 10.1. The van der Waals surface area contributed by atoms with E-state index >= 15 is 0 Å². The molecule has 2 saturated carbocycles. The summed E-state index contributed by atoms with van der Waals surface area (Å²) in [5.74, 6) is -0.244. The molecule has 1 aromatic carbocycles. The number of rotatable bonds is 5. The highest BCUT2D eigenvalue weighted by Gasteiger charge is 2.33. The van der Waals surface area contributed by atoms with Gasteiger partial charge in [0.25, 0.3) is 0 Å². The standard InChI is InChI=1S/C15H20O2.C9H16O2/c1-3-12-6-8-13(9-7-12)14(16)17-15(2)10-4-5-11-15;1-3-8(10)11-9(2)6-4-5-7-9/h6-9H,3-5,10-11H2,1-2H3;3-7H2,1-2H3. The van der Waals surface area contributed by atoms with E-state index in [4.69, 9.17) is 9.47 Å². The fraction of sp³-hybridized carbons (Fsp3) is 0.667. The van der Waals surface area contributed by atoms with Crippen LogP contribution in [0.5, 0.6) is 0 Å². The Hall–Kier alpha value is -1.84. The summed E-state index contributed by atoms with van der Waals surface area (Å²) in [6.07, 6.45) is 10.3. The van der Waals surface area contributed by atoms with E-state index in [1.807, 2.05) is 45.0 Å². The number of carbonyl (C=O) groups is 2. The first kappa shape index (κ1) is 22.4. The summed E-state index contributed by atoms with van der Waals surface area (Å²) >= 11 is 0. The fourth-order valence-electron chi connectivity index (χ4n) is 3.96. The molecule has 0 spiro atoms. The van der Waals surface area contributed by atoms with Crippen molar-refractivity contribution in [2.24, 2.45) is 0 Å². The number of hydrogen-bond acceptors (Lipinski definition) is 4. The van der Waals surface area contributed by atoms with Crippen LogP contribution < -0.4 is 0 Å². The second-order valence-corrected chi connectivity index (χ2v) is 8.58. The average Bonchev–Trinajstić information content (AvgIpc) is 3.30. The minimum absolute atomic E-state index is 0.0607. The van der Waals surface area contributed by atoms with Crippen molar-refractivity contribution in [3.8, 4) is 0 Å². The van der Waals surface area contributed by atoms with Crippen LogP contribution in [0.1, 0.15) is 101 Å². The van der Waals surface area contributed by atoms with Crippen LogP contribution in [-0.4, -0.2) is 23.1 Å². The van der Waals surface area contributed by atoms with Crippen molar-refractivity contribution in [1.82, 2.24) is 0 Å². The maximum absolute atomic E-state index is 12.0. The summed E-state index contributed by atoms with van der Waals surface area (Å²) in [6, 6.07) is 7.71. The molecule has 0 aliphatic heterocycles. The molecule has 0 bridgehead atoms. The Kier molecular flexibility index (Phi) is 8.09. The van der Waals surface area contributed by atoms with Gasteiger partial charge in [0.15, 0.2) is 0 Å². The second kappa shape index (κ2) is 10.1. The molecule has 156 valence electrons. The van der Waals surface area contributed by atoms with Crippen LogP contribution >= 0.6 is 0 Å². The van der Waals surface area contributed by atoms with Crippen LogP contribution in [-0.2, 0) is 20.7 Å². The van der Waals surface area contributed by atoms with Crippen molar-refractivity contribution in [1.29, 1.82) is 0 Å². The summed E-state index contributed by atoms with van der Waals surface area (Å²) in [4.78, 5) is 22.9. The monoisotopic (exact) mass is 388 g/mol. The molecule has 2 fully saturated rings. The van der Waals surface area contributed by atoms with Gasteiger partial charge in [-0.15, -0.1) is 0 Å². The molecule has 3 rings (SSSR count). The van der Waals surface area contributed by atoms with Crippen molar-refractivity contribution in [2.45, 2.75) is 103 Å². The highest BCUT2D eigenvalue weighted by molar-refractivity contribution is 5.89. The van der Waals surface area contributed by atoms with Gasteiger partial charge in [-0.2, -0.15) is 0 Å². The molecule has 0 saturated heterocycles. The summed E-state index contributed by atoms with van der Waals surface area (Å²) in [7, 11) is 0. The van der Waals surface area contributed by atoms with Crippen LogP contribution in [0.4, 0.5) is 0 Å². The molecular formula is C24H36O4. The van der Waals surface area contributed by atoms with E-state index in [2.05, 4.69) is 6.92 Å². The highest BCUT2D eigenvalue weighted by Crippen LogP contribution is 2.33. The fourth-order valence-corrected chi connectivity index (χ4v) is 3.96. The molecule has 0 amide bonds. The molecule has 0 N–H and O–H groups in total. The van der Waals surface area contributed by atoms with E-state index in [-0.39, 0.29) is 23.1 Å². The quantitative estimate of drug-likeness (QED) is 0.580. The van der Waals surface area contributed by atoms with Gasteiger partial charge >= 0.3 is 11.9 Å². The van der Waals surface area contributed by atoms with Crippen molar-refractivity contribution in [2.75, 3.05) is 0 Å². The first-order chi connectivity index (χ1) is 13.3. The van der Waals surface area contributed by atoms with E-state index in [1.54, 1.807) is 0 Å². The van der Waals surface area contributed by atoms with Gasteiger partial charge in [0.1, 0.15) is 11.2 Å². The number of benzene rings is 1. The normalized spacial score (nSPS) is 19.4. The molecular weight excluding hydrogens is 352 g/mol. The third kappa shape index (κ3) is 6.65. The van der Waals surface area contributed by atoms with Gasteiger partial charge in [-0.1, -0.05) is 26.0 Å². The van der Waals surface area contributed by atoms with Crippen LogP contribution in [0.3, 0.4) is 0 Å². The van der Waals surface area contributed by atoms with Crippen molar-refractivity contribution < 1.29 is 19.1 Å². The van der Waals surface area contributed by atoms with Gasteiger partial charge in [-0.25, -0.2) is 4.79 Å². The van der Waals surface area contributed by atoms with Crippen LogP contribution in [0.15, 0.2) is 24.3 Å². The second-order valence-electron chi connectivity index (χ2n) is 8.58. The highest BCUT2D eigenvalue weighted by atomic mass is 16.6. The Balaban J connectivity index is 0.000000221. The maximum Gasteiger partial charge on any atom is 0.338 e. The summed E-state index contributed by atoms with van der Waals surface area (Å²) < 4.78 is 10.9. The van der Waals surface area contributed by atoms with Gasteiger partial charge in [-0.3, -0.25) is 4.79 Å². The van der Waals surface area contributed by atoms with E-state index < -0.39 is 0 Å². The van der Waals surface area contributed by atoms with Crippen molar-refractivity contribution in [3.05, 3.63) is 35.4 Å². The van der Waals surface area contributed by atoms with Crippen molar-refractivity contribution in [3.63, 3.8) is 0 Å². The molecule has 0 unspecified atom stereocenters. The number of carbonyl (C=O) groups excluding carboxylic acids is 2. The summed E-state index contributed by atoms with van der Waals surface area (Å²) in [6.45, 7) is 8.01. The minimum Gasteiger partial charge on any atom is -0.459 e. The molecule has 0 aromatic heterocycles. The molecule has 28 heavy (non-hydrogen) atoms. The Morgan fingerprint density at radius 2 is 1.29 bits per heavy atom. The smallest absolute Gasteiger partial charge is 0.338 e. The predicted octanol–water partition coefficient (Wildman–Crippen LogP) is 6.01. The van der Waals surface area contributed by atoms with Gasteiger partial charge < -0.3 is 9.47 Å². The van der Waals surface area contributed by atoms with Gasteiger partial charge in [0, 0.05) is 6.42 Å². The molecule has 0 atom stereocenters. The van der Waals surface area contributed by atoms with Crippen LogP contribution in [0.2, 0.25) is 0 Å². The Morgan fingerprint density at radius 1 is 0.821 bits per heavy atom. The first-order valence-electron chi connectivity index (χ1n) is 10.8. The lowest BCUT2D eigenvalue weighted by Gasteiger charge is -2.24. The van der Waals surface area contributed by atoms with E-state index in [9.17, 15) is 9.59 Å². The van der Waals surface area contributed by atoms with E-state index in [0.29, 0.717) is 12.0 Å². The number of aryl methyl sites for hydroxylation is 1. The Morgan fingerprint density at radius 3 is 1.71 bits per heavy atom. The maximum atomic E-state index is 12.0. The number of hydrogen-bond donors (Lipinski definition) is 0. The van der Waals surface area contributed by atoms with Crippen LogP contribution in [0, 0.1) is 0 Å². The lowest BCUT2D eigenvalue weighted by Crippen LogP contribution is -2.28. The van der Waals surface area contributed by atoms with E-state index in [1.165, 1.54) is 31.2 Å². The third-order valence-corrected chi connectivity index (χ3v) is 5.91. The Labute approximate surface area is 170 Å². The molecule has 4 nitrogen and oxygen atoms in total. The van der Waals surface area contributed by atoms with Crippen molar-refractivity contribution >= 4 is 11.9 Å². The zero-order chi connectivity index (χ0) is 20.6. The summed E-state index contributed by atoms with van der Waals surface area (Å²) in [5, 5.41) is 0. The zero-order valence-electron chi connectivity index (χ0n) is 18.0. The lowest BCUT2D eigenvalue weighted by molar-refractivity contribution is -0.157. The average molecular weight is 389 g/mol. The topological polar surface area (TPSA) is 52.6 Å². The van der Waals surface area contributed by atoms with Gasteiger partial charge in [-0.05, 0) is 89.3 Å².